The van der Waals surface area contributed by atoms with Gasteiger partial charge in [0.25, 0.3) is 0 Å². The van der Waals surface area contributed by atoms with E-state index in [1.54, 1.807) is 0 Å². The molecule has 0 aliphatic carbocycles. The molecule has 0 rings (SSSR count). The summed E-state index contributed by atoms with van der Waals surface area (Å²) in [4.78, 5) is 0. The average Bonchev–Trinajstić information content (AvgIpc) is 2.26. The van der Waals surface area contributed by atoms with Crippen LogP contribution in [0.3, 0.4) is 0 Å². The second-order valence-corrected chi connectivity index (χ2v) is 4.20. The molecule has 0 aliphatic heterocycles. The largest absolute Gasteiger partial charge is 0.0908 e. The average molecular weight is 206 g/mol. The summed E-state index contributed by atoms with van der Waals surface area (Å²) in [5.41, 5.74) is 1.61. The van der Waals surface area contributed by atoms with Crippen LogP contribution in [-0.2, 0) is 0 Å². The summed E-state index contributed by atoms with van der Waals surface area (Å²) in [7, 11) is 0. The third kappa shape index (κ3) is 5.01. The monoisotopic (exact) mass is 206 g/mol. The summed E-state index contributed by atoms with van der Waals surface area (Å²) in [5.74, 6) is 0. The molecular formula is C15H26. The summed E-state index contributed by atoms with van der Waals surface area (Å²) in [5, 5.41) is 0. The van der Waals surface area contributed by atoms with Crippen molar-refractivity contribution in [1.82, 2.24) is 0 Å². The van der Waals surface area contributed by atoms with E-state index in [0.717, 1.165) is 0 Å². The Balaban J connectivity index is 4.83. The van der Waals surface area contributed by atoms with E-state index >= 15 is 0 Å². The minimum Gasteiger partial charge on any atom is -0.0908 e. The topological polar surface area (TPSA) is 0 Å². The van der Waals surface area contributed by atoms with Gasteiger partial charge in [0.2, 0.25) is 0 Å². The summed E-state index contributed by atoms with van der Waals surface area (Å²) >= 11 is 0. The lowest BCUT2D eigenvalue weighted by Crippen LogP contribution is -2.13. The van der Waals surface area contributed by atoms with Crippen LogP contribution in [0.25, 0.3) is 0 Å². The molecule has 0 fully saturated rings. The highest BCUT2D eigenvalue weighted by atomic mass is 14.2. The quantitative estimate of drug-likeness (QED) is 0.409. The van der Waals surface area contributed by atoms with Crippen molar-refractivity contribution in [2.75, 3.05) is 0 Å². The third-order valence-electron chi connectivity index (χ3n) is 3.01. The summed E-state index contributed by atoms with van der Waals surface area (Å²) in [6.45, 7) is 10.9. The van der Waals surface area contributed by atoms with E-state index in [1.807, 2.05) is 0 Å². The van der Waals surface area contributed by atoms with Crippen molar-refractivity contribution in [1.29, 1.82) is 0 Å². The molecule has 0 N–H and O–H groups in total. The zero-order valence-corrected chi connectivity index (χ0v) is 11.0. The molecular weight excluding hydrogens is 180 g/mol. The van der Waals surface area contributed by atoms with E-state index in [2.05, 4.69) is 65.0 Å². The van der Waals surface area contributed by atoms with Crippen molar-refractivity contribution < 1.29 is 0 Å². The highest BCUT2D eigenvalue weighted by Crippen LogP contribution is 2.32. The third-order valence-corrected chi connectivity index (χ3v) is 3.01. The number of hydrogen-bond acceptors (Lipinski definition) is 0. The molecule has 0 heterocycles. The van der Waals surface area contributed by atoms with E-state index in [4.69, 9.17) is 0 Å². The molecule has 0 bridgehead atoms. The van der Waals surface area contributed by atoms with Crippen LogP contribution in [-0.4, -0.2) is 0 Å². The van der Waals surface area contributed by atoms with Gasteiger partial charge in [-0.25, -0.2) is 0 Å². The standard InChI is InChI=1S/C15H26/c1-6-11-15(9-4,12-7-2)13-10-14(5)8-3/h6,8,10-11,13H,7,9,12H2,1-5H3. The molecule has 0 aliphatic rings. The van der Waals surface area contributed by atoms with Gasteiger partial charge in [0.05, 0.1) is 0 Å². The molecule has 0 saturated carbocycles. The van der Waals surface area contributed by atoms with Gasteiger partial charge in [-0.15, -0.1) is 0 Å². The molecule has 0 radical (unpaired) electrons. The van der Waals surface area contributed by atoms with Gasteiger partial charge < -0.3 is 0 Å². The maximum atomic E-state index is 2.37. The van der Waals surface area contributed by atoms with Gasteiger partial charge in [-0.2, -0.15) is 0 Å². The zero-order chi connectivity index (χ0) is 11.7. The molecule has 0 amide bonds. The second kappa shape index (κ2) is 7.50. The zero-order valence-electron chi connectivity index (χ0n) is 11.0. The molecule has 0 nitrogen and oxygen atoms in total. The highest BCUT2D eigenvalue weighted by Gasteiger charge is 2.19. The lowest BCUT2D eigenvalue weighted by Gasteiger charge is -2.25. The van der Waals surface area contributed by atoms with Crippen LogP contribution in [0.2, 0.25) is 0 Å². The minimum atomic E-state index is 0.272. The van der Waals surface area contributed by atoms with Gasteiger partial charge in [0, 0.05) is 5.41 Å². The van der Waals surface area contributed by atoms with Crippen LogP contribution in [0, 0.1) is 5.41 Å². The predicted octanol–water partition coefficient (Wildman–Crippen LogP) is 5.28. The first-order chi connectivity index (χ1) is 7.14. The SMILES string of the molecule is CC=CC(C=CC(C)=CC)(CC)CCC. The first-order valence-electron chi connectivity index (χ1n) is 6.10. The van der Waals surface area contributed by atoms with Crippen molar-refractivity contribution in [3.8, 4) is 0 Å². The Morgan fingerprint density at radius 2 is 1.80 bits per heavy atom. The lowest BCUT2D eigenvalue weighted by molar-refractivity contribution is 0.427. The van der Waals surface area contributed by atoms with E-state index < -0.39 is 0 Å². The summed E-state index contributed by atoms with van der Waals surface area (Å²) in [6.07, 6.45) is 14.9. The molecule has 1 atom stereocenters. The normalized spacial score (nSPS) is 17.5. The predicted molar refractivity (Wildman–Crippen MR) is 71.0 cm³/mol. The number of rotatable bonds is 6. The van der Waals surface area contributed by atoms with E-state index in [9.17, 15) is 0 Å². The van der Waals surface area contributed by atoms with Gasteiger partial charge in [-0.3, -0.25) is 0 Å². The van der Waals surface area contributed by atoms with Crippen molar-refractivity contribution in [2.24, 2.45) is 5.41 Å². The van der Waals surface area contributed by atoms with E-state index in [-0.39, 0.29) is 5.41 Å². The van der Waals surface area contributed by atoms with E-state index in [1.165, 1.54) is 24.8 Å². The first kappa shape index (κ1) is 14.2. The highest BCUT2D eigenvalue weighted by molar-refractivity contribution is 5.21. The smallest absolute Gasteiger partial charge is 0.00613 e. The Morgan fingerprint density at radius 3 is 2.20 bits per heavy atom. The maximum Gasteiger partial charge on any atom is 0.00613 e. The van der Waals surface area contributed by atoms with Gasteiger partial charge in [0.1, 0.15) is 0 Å². The fraction of sp³-hybridized carbons (Fsp3) is 0.600. The second-order valence-electron chi connectivity index (χ2n) is 4.20. The Bertz CT molecular complexity index is 243. The van der Waals surface area contributed by atoms with E-state index in [0.29, 0.717) is 0 Å². The van der Waals surface area contributed by atoms with Crippen LogP contribution >= 0.6 is 0 Å². The van der Waals surface area contributed by atoms with Crippen LogP contribution in [0.5, 0.6) is 0 Å². The molecule has 1 unspecified atom stereocenters. The van der Waals surface area contributed by atoms with Crippen LogP contribution in [0.15, 0.2) is 36.0 Å². The van der Waals surface area contributed by atoms with Gasteiger partial charge in [0.15, 0.2) is 0 Å². The van der Waals surface area contributed by atoms with Crippen molar-refractivity contribution in [3.63, 3.8) is 0 Å². The van der Waals surface area contributed by atoms with Crippen LogP contribution in [0.4, 0.5) is 0 Å². The lowest BCUT2D eigenvalue weighted by atomic mass is 9.80. The molecule has 0 aromatic carbocycles. The van der Waals surface area contributed by atoms with Crippen molar-refractivity contribution >= 4 is 0 Å². The van der Waals surface area contributed by atoms with Gasteiger partial charge in [-0.1, -0.05) is 56.2 Å². The van der Waals surface area contributed by atoms with Crippen molar-refractivity contribution in [3.05, 3.63) is 36.0 Å². The fourth-order valence-electron chi connectivity index (χ4n) is 1.83. The minimum absolute atomic E-state index is 0.272. The molecule has 86 valence electrons. The molecule has 15 heavy (non-hydrogen) atoms. The van der Waals surface area contributed by atoms with Gasteiger partial charge in [-0.05, 0) is 33.6 Å². The molecule has 0 aromatic heterocycles. The maximum absolute atomic E-state index is 2.37. The Labute approximate surface area is 95.8 Å². The first-order valence-corrected chi connectivity index (χ1v) is 6.10. The molecule has 0 heteroatoms. The Kier molecular flexibility index (Phi) is 7.11. The molecule has 0 spiro atoms. The Hall–Kier alpha value is -0.780. The molecule has 0 saturated heterocycles. The van der Waals surface area contributed by atoms with Crippen LogP contribution < -0.4 is 0 Å². The fourth-order valence-corrected chi connectivity index (χ4v) is 1.83. The molecule has 0 aromatic rings. The Morgan fingerprint density at radius 1 is 1.13 bits per heavy atom. The van der Waals surface area contributed by atoms with Crippen LogP contribution in [0.1, 0.15) is 53.9 Å². The van der Waals surface area contributed by atoms with Gasteiger partial charge >= 0.3 is 0 Å². The summed E-state index contributed by atoms with van der Waals surface area (Å²) < 4.78 is 0. The summed E-state index contributed by atoms with van der Waals surface area (Å²) in [6, 6.07) is 0. The number of allylic oxidation sites excluding steroid dienone is 6. The number of hydrogen-bond donors (Lipinski definition) is 0. The van der Waals surface area contributed by atoms with Crippen molar-refractivity contribution in [2.45, 2.75) is 53.9 Å².